The van der Waals surface area contributed by atoms with Crippen LogP contribution < -0.4 is 15.0 Å². The Labute approximate surface area is 107 Å². The molecule has 0 atom stereocenters. The van der Waals surface area contributed by atoms with E-state index in [2.05, 4.69) is 10.2 Å². The van der Waals surface area contributed by atoms with Gasteiger partial charge in [-0.15, -0.1) is 10.2 Å². The number of nitrogens with zero attached hydrogens (tertiary/aromatic N) is 2. The van der Waals surface area contributed by atoms with Crippen LogP contribution in [0.1, 0.15) is 10.7 Å². The second-order valence-corrected chi connectivity index (χ2v) is 3.39. The molecule has 0 saturated heterocycles. The molecular formula is C11H11N3O5. The largest absolute Gasteiger partial charge is 0.493 e. The summed E-state index contributed by atoms with van der Waals surface area (Å²) in [6, 6.07) is 5.10. The average Bonchev–Trinajstić information content (AvgIpc) is 2.95. The van der Waals surface area contributed by atoms with Crippen LogP contribution in [0.5, 0.6) is 11.5 Å². The number of amides is 1. The third-order valence-corrected chi connectivity index (χ3v) is 2.35. The Morgan fingerprint density at radius 2 is 2.11 bits per heavy atom. The zero-order valence-corrected chi connectivity index (χ0v) is 10.2. The smallest absolute Gasteiger partial charge is 0.332 e. The van der Waals surface area contributed by atoms with Gasteiger partial charge in [0.15, 0.2) is 11.5 Å². The lowest BCUT2D eigenvalue weighted by atomic mass is 10.2. The highest BCUT2D eigenvalue weighted by Gasteiger charge is 2.19. The van der Waals surface area contributed by atoms with Gasteiger partial charge >= 0.3 is 11.8 Å². The first-order valence-electron chi connectivity index (χ1n) is 5.20. The molecule has 2 N–H and O–H groups in total. The second-order valence-electron chi connectivity index (χ2n) is 3.39. The van der Waals surface area contributed by atoms with Gasteiger partial charge in [0.25, 0.3) is 5.89 Å². The standard InChI is InChI=1S/C11H11N3O5/c1-17-7-5-3-4-6(8(7)18-2)10-12-13-11(19-10)9(15)14-16/h3-5,16H,1-2H3,(H,14,15). The molecule has 0 aliphatic carbocycles. The van der Waals surface area contributed by atoms with Gasteiger partial charge in [0.05, 0.1) is 19.8 Å². The minimum absolute atomic E-state index is 0.0781. The molecule has 0 unspecified atom stereocenters. The third-order valence-electron chi connectivity index (χ3n) is 2.35. The Balaban J connectivity index is 2.47. The SMILES string of the molecule is COc1cccc(-c2nnc(C(=O)NO)o2)c1OC. The van der Waals surface area contributed by atoms with Gasteiger partial charge in [0, 0.05) is 0 Å². The molecule has 8 heteroatoms. The van der Waals surface area contributed by atoms with Gasteiger partial charge in [0.1, 0.15) is 0 Å². The number of aromatic nitrogens is 2. The molecule has 2 aromatic rings. The Hall–Kier alpha value is -2.61. The quantitative estimate of drug-likeness (QED) is 0.624. The minimum atomic E-state index is -0.888. The van der Waals surface area contributed by atoms with Gasteiger partial charge in [-0.1, -0.05) is 6.07 Å². The van der Waals surface area contributed by atoms with Gasteiger partial charge in [-0.25, -0.2) is 5.48 Å². The summed E-state index contributed by atoms with van der Waals surface area (Å²) in [6.07, 6.45) is 0. The van der Waals surface area contributed by atoms with Gasteiger partial charge in [-0.2, -0.15) is 0 Å². The van der Waals surface area contributed by atoms with E-state index >= 15 is 0 Å². The summed E-state index contributed by atoms with van der Waals surface area (Å²) in [4.78, 5) is 11.1. The van der Waals surface area contributed by atoms with Crippen LogP contribution in [0, 0.1) is 0 Å². The molecule has 1 aromatic heterocycles. The van der Waals surface area contributed by atoms with Crippen LogP contribution >= 0.6 is 0 Å². The van der Waals surface area contributed by atoms with Crippen molar-refractivity contribution in [1.29, 1.82) is 0 Å². The molecule has 1 heterocycles. The van der Waals surface area contributed by atoms with Crippen molar-refractivity contribution in [2.24, 2.45) is 0 Å². The maximum atomic E-state index is 11.1. The van der Waals surface area contributed by atoms with Gasteiger partial charge in [-0.3, -0.25) is 10.0 Å². The number of carbonyl (C=O) groups is 1. The minimum Gasteiger partial charge on any atom is -0.493 e. The van der Waals surface area contributed by atoms with E-state index in [9.17, 15) is 4.79 Å². The molecule has 0 radical (unpaired) electrons. The molecular weight excluding hydrogens is 254 g/mol. The number of hydrogen-bond acceptors (Lipinski definition) is 7. The third kappa shape index (κ3) is 2.33. The molecule has 19 heavy (non-hydrogen) atoms. The first-order chi connectivity index (χ1) is 9.21. The van der Waals surface area contributed by atoms with Crippen LogP contribution in [0.25, 0.3) is 11.5 Å². The fraction of sp³-hybridized carbons (Fsp3) is 0.182. The van der Waals surface area contributed by atoms with Crippen molar-refractivity contribution in [3.05, 3.63) is 24.1 Å². The maximum absolute atomic E-state index is 11.1. The van der Waals surface area contributed by atoms with Gasteiger partial charge < -0.3 is 13.9 Å². The summed E-state index contributed by atoms with van der Waals surface area (Å²) in [5.41, 5.74) is 1.88. The number of para-hydroxylation sites is 1. The molecule has 0 saturated carbocycles. The van der Waals surface area contributed by atoms with E-state index in [1.54, 1.807) is 18.2 Å². The van der Waals surface area contributed by atoms with Crippen molar-refractivity contribution in [3.63, 3.8) is 0 Å². The number of rotatable bonds is 4. The van der Waals surface area contributed by atoms with Crippen molar-refractivity contribution in [2.75, 3.05) is 14.2 Å². The molecule has 0 aliphatic heterocycles. The first-order valence-corrected chi connectivity index (χ1v) is 5.20. The van der Waals surface area contributed by atoms with Gasteiger partial charge in [0.2, 0.25) is 0 Å². The summed E-state index contributed by atoms with van der Waals surface area (Å²) < 4.78 is 15.5. The molecule has 1 aromatic carbocycles. The summed E-state index contributed by atoms with van der Waals surface area (Å²) in [5, 5.41) is 15.7. The fourth-order valence-corrected chi connectivity index (χ4v) is 1.53. The van der Waals surface area contributed by atoms with Crippen LogP contribution in [0.15, 0.2) is 22.6 Å². The van der Waals surface area contributed by atoms with E-state index < -0.39 is 5.91 Å². The summed E-state index contributed by atoms with van der Waals surface area (Å²) in [5.74, 6) is -0.270. The first kappa shape index (κ1) is 12.8. The molecule has 0 spiro atoms. The zero-order valence-electron chi connectivity index (χ0n) is 10.2. The Bertz CT molecular complexity index is 596. The van der Waals surface area contributed by atoms with Gasteiger partial charge in [-0.05, 0) is 12.1 Å². The highest BCUT2D eigenvalue weighted by Crippen LogP contribution is 2.36. The molecule has 0 fully saturated rings. The van der Waals surface area contributed by atoms with Crippen molar-refractivity contribution in [1.82, 2.24) is 15.7 Å². The molecule has 100 valence electrons. The number of carbonyl (C=O) groups excluding carboxylic acids is 1. The molecule has 2 rings (SSSR count). The van der Waals surface area contributed by atoms with Crippen LogP contribution in [0.4, 0.5) is 0 Å². The lowest BCUT2D eigenvalue weighted by Gasteiger charge is -2.09. The average molecular weight is 265 g/mol. The number of hydrogen-bond donors (Lipinski definition) is 2. The highest BCUT2D eigenvalue weighted by molar-refractivity contribution is 5.88. The number of hydroxylamine groups is 1. The van der Waals surface area contributed by atoms with Crippen molar-refractivity contribution in [3.8, 4) is 23.0 Å². The summed E-state index contributed by atoms with van der Waals surface area (Å²) in [6.45, 7) is 0. The van der Waals surface area contributed by atoms with Crippen LogP contribution in [0.2, 0.25) is 0 Å². The van der Waals surface area contributed by atoms with Crippen LogP contribution in [-0.4, -0.2) is 35.5 Å². The Morgan fingerprint density at radius 3 is 2.74 bits per heavy atom. The molecule has 8 nitrogen and oxygen atoms in total. The zero-order chi connectivity index (χ0) is 13.8. The number of nitrogens with one attached hydrogen (secondary N) is 1. The Morgan fingerprint density at radius 1 is 1.32 bits per heavy atom. The van der Waals surface area contributed by atoms with E-state index in [0.717, 1.165) is 0 Å². The lowest BCUT2D eigenvalue weighted by Crippen LogP contribution is -2.18. The topological polar surface area (TPSA) is 107 Å². The van der Waals surface area contributed by atoms with E-state index in [4.69, 9.17) is 19.1 Å². The number of benzene rings is 1. The second kappa shape index (κ2) is 5.36. The van der Waals surface area contributed by atoms with Crippen LogP contribution in [0.3, 0.4) is 0 Å². The predicted octanol–water partition coefficient (Wildman–Crippen LogP) is 0.873. The summed E-state index contributed by atoms with van der Waals surface area (Å²) in [7, 11) is 2.97. The molecule has 0 aliphatic rings. The summed E-state index contributed by atoms with van der Waals surface area (Å²) >= 11 is 0. The van der Waals surface area contributed by atoms with E-state index in [0.29, 0.717) is 17.1 Å². The Kier molecular flexibility index (Phi) is 3.62. The van der Waals surface area contributed by atoms with Crippen molar-refractivity contribution < 1.29 is 23.9 Å². The molecule has 1 amide bonds. The lowest BCUT2D eigenvalue weighted by molar-refractivity contribution is 0.0669. The van der Waals surface area contributed by atoms with E-state index in [1.807, 2.05) is 0 Å². The monoisotopic (exact) mass is 265 g/mol. The molecule has 0 bridgehead atoms. The van der Waals surface area contributed by atoms with Crippen LogP contribution in [-0.2, 0) is 0 Å². The maximum Gasteiger partial charge on any atom is 0.332 e. The van der Waals surface area contributed by atoms with Crippen molar-refractivity contribution >= 4 is 5.91 Å². The number of methoxy groups -OCH3 is 2. The normalized spacial score (nSPS) is 10.1. The highest BCUT2D eigenvalue weighted by atomic mass is 16.5. The van der Waals surface area contributed by atoms with E-state index in [1.165, 1.54) is 19.7 Å². The number of ether oxygens (including phenoxy) is 2. The van der Waals surface area contributed by atoms with Crippen molar-refractivity contribution in [2.45, 2.75) is 0 Å². The predicted molar refractivity (Wildman–Crippen MR) is 62.1 cm³/mol. The fourth-order valence-electron chi connectivity index (χ4n) is 1.53. The van der Waals surface area contributed by atoms with E-state index in [-0.39, 0.29) is 11.8 Å².